The van der Waals surface area contributed by atoms with Gasteiger partial charge in [0.1, 0.15) is 5.71 Å². The zero-order chi connectivity index (χ0) is 12.8. The molecule has 0 unspecified atom stereocenters. The van der Waals surface area contributed by atoms with Crippen LogP contribution in [0.25, 0.3) is 0 Å². The van der Waals surface area contributed by atoms with Crippen LogP contribution in [0.15, 0.2) is 34.6 Å². The molecule has 0 radical (unpaired) electrons. The topological polar surface area (TPSA) is 94.3 Å². The molecule has 1 aromatic rings. The molecule has 6 nitrogen and oxygen atoms in total. The molecular formula is C10H10ClN3O3. The van der Waals surface area contributed by atoms with Crippen molar-refractivity contribution in [1.29, 1.82) is 0 Å². The van der Waals surface area contributed by atoms with Crippen LogP contribution in [0.1, 0.15) is 6.92 Å². The molecule has 90 valence electrons. The molecule has 0 aliphatic rings. The number of hydrogen-bond donors (Lipinski definition) is 3. The molecule has 17 heavy (non-hydrogen) atoms. The Balaban J connectivity index is 2.90. The third-order valence-electron chi connectivity index (χ3n) is 1.93. The highest BCUT2D eigenvalue weighted by atomic mass is 35.5. The lowest BCUT2D eigenvalue weighted by Gasteiger charge is -2.06. The van der Waals surface area contributed by atoms with Crippen LogP contribution < -0.4 is 5.32 Å². The van der Waals surface area contributed by atoms with Crippen molar-refractivity contribution in [2.24, 2.45) is 10.3 Å². The number of hydrogen-bond acceptors (Lipinski definition) is 5. The Morgan fingerprint density at radius 2 is 1.94 bits per heavy atom. The second-order valence-corrected chi connectivity index (χ2v) is 3.48. The SMILES string of the molecule is CC(=N\O)/C(=N\O)C(=O)Nc1ccccc1Cl. The average molecular weight is 256 g/mol. The van der Waals surface area contributed by atoms with Gasteiger partial charge < -0.3 is 15.7 Å². The molecule has 0 bridgehead atoms. The van der Waals surface area contributed by atoms with Gasteiger partial charge in [0.15, 0.2) is 5.71 Å². The quantitative estimate of drug-likeness (QED) is 0.438. The maximum atomic E-state index is 11.6. The van der Waals surface area contributed by atoms with E-state index in [1.807, 2.05) is 0 Å². The number of para-hydroxylation sites is 1. The fourth-order valence-corrected chi connectivity index (χ4v) is 1.26. The summed E-state index contributed by atoms with van der Waals surface area (Å²) in [5.41, 5.74) is -0.143. The fraction of sp³-hybridized carbons (Fsp3) is 0.100. The Labute approximate surface area is 102 Å². The van der Waals surface area contributed by atoms with E-state index in [2.05, 4.69) is 15.6 Å². The first-order chi connectivity index (χ1) is 8.10. The van der Waals surface area contributed by atoms with E-state index in [0.29, 0.717) is 10.7 Å². The second kappa shape index (κ2) is 5.86. The van der Waals surface area contributed by atoms with Gasteiger partial charge in [-0.1, -0.05) is 34.0 Å². The number of amides is 1. The summed E-state index contributed by atoms with van der Waals surface area (Å²) in [6, 6.07) is 6.57. The van der Waals surface area contributed by atoms with E-state index in [-0.39, 0.29) is 5.71 Å². The van der Waals surface area contributed by atoms with Crippen LogP contribution in [0.5, 0.6) is 0 Å². The average Bonchev–Trinajstić information content (AvgIpc) is 2.32. The summed E-state index contributed by atoms with van der Waals surface area (Å²) in [6.45, 7) is 1.32. The molecule has 1 aromatic carbocycles. The molecule has 0 fully saturated rings. The number of carbonyl (C=O) groups excluding carboxylic acids is 1. The van der Waals surface area contributed by atoms with Crippen molar-refractivity contribution < 1.29 is 15.2 Å². The van der Waals surface area contributed by atoms with Crippen molar-refractivity contribution in [2.75, 3.05) is 5.32 Å². The molecule has 0 saturated heterocycles. The summed E-state index contributed by atoms with van der Waals surface area (Å²) >= 11 is 5.83. The number of halogens is 1. The Bertz CT molecular complexity index is 485. The number of oxime groups is 2. The van der Waals surface area contributed by atoms with Crippen LogP contribution in [0, 0.1) is 0 Å². The van der Waals surface area contributed by atoms with Crippen LogP contribution >= 0.6 is 11.6 Å². The smallest absolute Gasteiger partial charge is 0.279 e. The number of benzene rings is 1. The number of nitrogens with one attached hydrogen (secondary N) is 1. The predicted octanol–water partition coefficient (Wildman–Crippen LogP) is 1.96. The molecule has 0 atom stereocenters. The Morgan fingerprint density at radius 1 is 1.29 bits per heavy atom. The normalized spacial score (nSPS) is 12.4. The van der Waals surface area contributed by atoms with Crippen LogP contribution in [-0.2, 0) is 4.79 Å². The largest absolute Gasteiger partial charge is 0.411 e. The maximum Gasteiger partial charge on any atom is 0.279 e. The molecule has 1 rings (SSSR count). The van der Waals surface area contributed by atoms with Crippen molar-refractivity contribution in [3.63, 3.8) is 0 Å². The molecule has 3 N–H and O–H groups in total. The molecule has 0 aromatic heterocycles. The minimum Gasteiger partial charge on any atom is -0.411 e. The summed E-state index contributed by atoms with van der Waals surface area (Å²) < 4.78 is 0. The zero-order valence-electron chi connectivity index (χ0n) is 8.88. The van der Waals surface area contributed by atoms with Crippen molar-refractivity contribution in [3.05, 3.63) is 29.3 Å². The van der Waals surface area contributed by atoms with Gasteiger partial charge in [0.05, 0.1) is 10.7 Å². The highest BCUT2D eigenvalue weighted by Gasteiger charge is 2.17. The summed E-state index contributed by atoms with van der Waals surface area (Å²) in [7, 11) is 0. The first-order valence-electron chi connectivity index (χ1n) is 4.57. The fourth-order valence-electron chi connectivity index (χ4n) is 1.07. The van der Waals surface area contributed by atoms with Crippen LogP contribution in [-0.4, -0.2) is 27.7 Å². The molecule has 1 amide bonds. The van der Waals surface area contributed by atoms with E-state index >= 15 is 0 Å². The molecular weight excluding hydrogens is 246 g/mol. The van der Waals surface area contributed by atoms with Crippen LogP contribution in [0.4, 0.5) is 5.69 Å². The van der Waals surface area contributed by atoms with Crippen LogP contribution in [0.3, 0.4) is 0 Å². The maximum absolute atomic E-state index is 11.6. The molecule has 0 aliphatic carbocycles. The lowest BCUT2D eigenvalue weighted by Crippen LogP contribution is -2.28. The second-order valence-electron chi connectivity index (χ2n) is 3.07. The van der Waals surface area contributed by atoms with Gasteiger partial charge in [-0.05, 0) is 19.1 Å². The van der Waals surface area contributed by atoms with Crippen LogP contribution in [0.2, 0.25) is 5.02 Å². The molecule has 0 aliphatic heterocycles. The van der Waals surface area contributed by atoms with Gasteiger partial charge in [-0.3, -0.25) is 4.79 Å². The van der Waals surface area contributed by atoms with Gasteiger partial charge in [0, 0.05) is 0 Å². The van der Waals surface area contributed by atoms with Gasteiger partial charge in [-0.2, -0.15) is 0 Å². The third kappa shape index (κ3) is 3.18. The van der Waals surface area contributed by atoms with E-state index < -0.39 is 11.6 Å². The van der Waals surface area contributed by atoms with Crippen molar-refractivity contribution in [2.45, 2.75) is 6.92 Å². The first kappa shape index (κ1) is 13.0. The summed E-state index contributed by atoms with van der Waals surface area (Å²) in [5.74, 6) is -0.726. The van der Waals surface area contributed by atoms with Gasteiger partial charge in [0.25, 0.3) is 5.91 Å². The molecule has 0 saturated carbocycles. The number of rotatable bonds is 3. The van der Waals surface area contributed by atoms with Crippen molar-refractivity contribution in [3.8, 4) is 0 Å². The summed E-state index contributed by atoms with van der Waals surface area (Å²) in [4.78, 5) is 11.6. The highest BCUT2D eigenvalue weighted by Crippen LogP contribution is 2.20. The van der Waals surface area contributed by atoms with Gasteiger partial charge in [-0.15, -0.1) is 0 Å². The summed E-state index contributed by atoms with van der Waals surface area (Å²) in [5, 5.41) is 25.4. The number of carbonyl (C=O) groups is 1. The first-order valence-corrected chi connectivity index (χ1v) is 4.95. The molecule has 7 heteroatoms. The monoisotopic (exact) mass is 255 g/mol. The minimum absolute atomic E-state index is 0.114. The van der Waals surface area contributed by atoms with Crippen molar-refractivity contribution >= 4 is 34.6 Å². The van der Waals surface area contributed by atoms with Gasteiger partial charge in [0.2, 0.25) is 0 Å². The van der Waals surface area contributed by atoms with E-state index in [1.54, 1.807) is 24.3 Å². The Hall–Kier alpha value is -2.08. The van der Waals surface area contributed by atoms with Gasteiger partial charge >= 0.3 is 0 Å². The molecule has 0 spiro atoms. The number of anilines is 1. The van der Waals surface area contributed by atoms with Crippen molar-refractivity contribution in [1.82, 2.24) is 0 Å². The van der Waals surface area contributed by atoms with E-state index in [4.69, 9.17) is 22.0 Å². The standard InChI is InChI=1S/C10H10ClN3O3/c1-6(13-16)9(14-17)10(15)12-8-5-3-2-4-7(8)11/h2-5,16-17H,1H3,(H,12,15)/b13-6+,14-9+. The van der Waals surface area contributed by atoms with Gasteiger partial charge in [-0.25, -0.2) is 0 Å². The highest BCUT2D eigenvalue weighted by molar-refractivity contribution is 6.68. The zero-order valence-corrected chi connectivity index (χ0v) is 9.64. The lowest BCUT2D eigenvalue weighted by molar-refractivity contribution is -0.110. The van der Waals surface area contributed by atoms with E-state index in [9.17, 15) is 4.79 Å². The third-order valence-corrected chi connectivity index (χ3v) is 2.26. The minimum atomic E-state index is -0.726. The molecule has 0 heterocycles. The van der Waals surface area contributed by atoms with E-state index in [0.717, 1.165) is 0 Å². The number of nitrogens with zero attached hydrogens (tertiary/aromatic N) is 2. The summed E-state index contributed by atoms with van der Waals surface area (Å²) in [6.07, 6.45) is 0. The lowest BCUT2D eigenvalue weighted by atomic mass is 10.2. The van der Waals surface area contributed by atoms with E-state index in [1.165, 1.54) is 6.92 Å². The Morgan fingerprint density at radius 3 is 2.47 bits per heavy atom. The Kier molecular flexibility index (Phi) is 4.47. The predicted molar refractivity (Wildman–Crippen MR) is 64.2 cm³/mol.